The lowest BCUT2D eigenvalue weighted by Crippen LogP contribution is -2.41. The van der Waals surface area contributed by atoms with Gasteiger partial charge in [0.2, 0.25) is 0 Å². The molecule has 1 aliphatic heterocycles. The summed E-state index contributed by atoms with van der Waals surface area (Å²) in [6.45, 7) is 0. The van der Waals surface area contributed by atoms with Crippen molar-refractivity contribution >= 4 is 33.5 Å². The normalized spacial score (nSPS) is 30.0. The Morgan fingerprint density at radius 3 is 2.59 bits per heavy atom. The number of carbonyl (C=O) groups is 1. The number of halogens is 1. The van der Waals surface area contributed by atoms with Crippen molar-refractivity contribution in [3.05, 3.63) is 69.7 Å². The van der Waals surface area contributed by atoms with Crippen LogP contribution in [0.15, 0.2) is 53.0 Å². The van der Waals surface area contributed by atoms with E-state index in [2.05, 4.69) is 28.1 Å². The van der Waals surface area contributed by atoms with Crippen LogP contribution in [0.5, 0.6) is 0 Å². The highest BCUT2D eigenvalue weighted by Crippen LogP contribution is 2.59. The zero-order valence-electron chi connectivity index (χ0n) is 11.8. The number of ketones is 1. The van der Waals surface area contributed by atoms with Crippen molar-refractivity contribution in [3.8, 4) is 0 Å². The maximum atomic E-state index is 13.1. The van der Waals surface area contributed by atoms with Crippen LogP contribution in [0.1, 0.15) is 26.7 Å². The fourth-order valence-corrected chi connectivity index (χ4v) is 5.64. The van der Waals surface area contributed by atoms with Crippen LogP contribution in [0.4, 0.5) is 0 Å². The summed E-state index contributed by atoms with van der Waals surface area (Å²) in [6, 6.07) is 15.9. The molecule has 0 radical (unpaired) electrons. The second-order valence-electron chi connectivity index (χ2n) is 5.98. The Labute approximate surface area is 142 Å². The number of benzene rings is 2. The number of aliphatic hydroxyl groups is 1. The summed E-state index contributed by atoms with van der Waals surface area (Å²) >= 11 is 5.15. The average molecular weight is 375 g/mol. The van der Waals surface area contributed by atoms with Gasteiger partial charge in [0.05, 0.1) is 11.5 Å². The smallest absolute Gasteiger partial charge is 0.173 e. The minimum Gasteiger partial charge on any atom is -0.391 e. The van der Waals surface area contributed by atoms with Crippen molar-refractivity contribution < 1.29 is 9.90 Å². The van der Waals surface area contributed by atoms with Crippen molar-refractivity contribution in [2.45, 2.75) is 17.8 Å². The van der Waals surface area contributed by atoms with Gasteiger partial charge in [-0.1, -0.05) is 52.3 Å². The van der Waals surface area contributed by atoms with E-state index in [1.165, 1.54) is 0 Å². The second kappa shape index (κ2) is 5.22. The molecule has 0 aromatic heterocycles. The molecule has 4 heteroatoms. The summed E-state index contributed by atoms with van der Waals surface area (Å²) in [7, 11) is 0. The molecule has 1 aliphatic carbocycles. The molecule has 2 aliphatic rings. The van der Waals surface area contributed by atoms with Gasteiger partial charge in [0, 0.05) is 21.0 Å². The number of Topliss-reactive ketones (excluding diaryl/α,β-unsaturated/α-hetero) is 1. The third kappa shape index (κ3) is 1.94. The van der Waals surface area contributed by atoms with Crippen molar-refractivity contribution in [1.82, 2.24) is 0 Å². The largest absolute Gasteiger partial charge is 0.391 e. The number of thioether (sulfide) groups is 1. The van der Waals surface area contributed by atoms with Crippen LogP contribution >= 0.6 is 27.7 Å². The number of hydrogen-bond donors (Lipinski definition) is 1. The molecule has 0 saturated carbocycles. The molecule has 1 heterocycles. The van der Waals surface area contributed by atoms with Crippen LogP contribution < -0.4 is 0 Å². The zero-order valence-corrected chi connectivity index (χ0v) is 14.2. The number of hydrogen-bond acceptors (Lipinski definition) is 3. The Balaban J connectivity index is 1.82. The lowest BCUT2D eigenvalue weighted by Gasteiger charge is -2.31. The SMILES string of the molecule is O=C1c2ccccc2C[C@@]12[C@H](O)CS[C@@H]2c1ccc(Br)cc1. The van der Waals surface area contributed by atoms with Gasteiger partial charge >= 0.3 is 0 Å². The molecular formula is C18H15BrO2S. The van der Waals surface area contributed by atoms with Gasteiger partial charge in [0.25, 0.3) is 0 Å². The summed E-state index contributed by atoms with van der Waals surface area (Å²) in [4.78, 5) is 13.1. The predicted octanol–water partition coefficient (Wildman–Crippen LogP) is 4.02. The molecule has 1 saturated heterocycles. The average Bonchev–Trinajstić information content (AvgIpc) is 3.01. The maximum absolute atomic E-state index is 13.1. The molecule has 0 amide bonds. The second-order valence-corrected chi connectivity index (χ2v) is 8.04. The van der Waals surface area contributed by atoms with Gasteiger partial charge in [-0.25, -0.2) is 0 Å². The van der Waals surface area contributed by atoms with E-state index >= 15 is 0 Å². The molecule has 0 unspecified atom stereocenters. The summed E-state index contributed by atoms with van der Waals surface area (Å²) in [5.74, 6) is 0.717. The van der Waals surface area contributed by atoms with E-state index in [-0.39, 0.29) is 11.0 Å². The minimum atomic E-state index is -0.706. The van der Waals surface area contributed by atoms with Gasteiger partial charge in [-0.15, -0.1) is 11.8 Å². The zero-order chi connectivity index (χ0) is 15.3. The fraction of sp³-hybridized carbons (Fsp3) is 0.278. The van der Waals surface area contributed by atoms with Crippen molar-refractivity contribution in [2.75, 3.05) is 5.75 Å². The lowest BCUT2D eigenvalue weighted by atomic mass is 9.73. The minimum absolute atomic E-state index is 0.00972. The Bertz CT molecular complexity index is 743. The molecule has 2 aromatic rings. The number of rotatable bonds is 1. The van der Waals surface area contributed by atoms with Gasteiger partial charge in [0.15, 0.2) is 5.78 Å². The Hall–Kier alpha value is -1.10. The lowest BCUT2D eigenvalue weighted by molar-refractivity contribution is 0.0435. The first kappa shape index (κ1) is 14.5. The predicted molar refractivity (Wildman–Crippen MR) is 92.3 cm³/mol. The van der Waals surface area contributed by atoms with Gasteiger partial charge in [-0.2, -0.15) is 0 Å². The van der Waals surface area contributed by atoms with Crippen molar-refractivity contribution in [1.29, 1.82) is 0 Å². The van der Waals surface area contributed by atoms with Crippen LogP contribution in [-0.2, 0) is 6.42 Å². The Morgan fingerprint density at radius 1 is 1.14 bits per heavy atom. The molecule has 1 spiro atoms. The van der Waals surface area contributed by atoms with Gasteiger partial charge in [0.1, 0.15) is 0 Å². The van der Waals surface area contributed by atoms with Crippen LogP contribution in [-0.4, -0.2) is 22.7 Å². The molecular weight excluding hydrogens is 360 g/mol. The van der Waals surface area contributed by atoms with E-state index in [4.69, 9.17) is 0 Å². The van der Waals surface area contributed by atoms with E-state index in [9.17, 15) is 9.90 Å². The molecule has 3 atom stereocenters. The van der Waals surface area contributed by atoms with Crippen molar-refractivity contribution in [3.63, 3.8) is 0 Å². The fourth-order valence-electron chi connectivity index (χ4n) is 3.71. The number of fused-ring (bicyclic) bond motifs is 1. The third-order valence-electron chi connectivity index (χ3n) is 4.82. The van der Waals surface area contributed by atoms with Crippen LogP contribution in [0.25, 0.3) is 0 Å². The standard InChI is InChI=1S/C18H15BrO2S/c19-13-7-5-11(6-8-13)17-18(15(20)10-22-17)9-12-3-1-2-4-14(12)16(18)21/h1-8,15,17,20H,9-10H2/t15-,17-,18-/m1/s1. The topological polar surface area (TPSA) is 37.3 Å². The van der Waals surface area contributed by atoms with Gasteiger partial charge < -0.3 is 5.11 Å². The first-order valence-corrected chi connectivity index (χ1v) is 9.15. The number of carbonyl (C=O) groups excluding carboxylic acids is 1. The monoisotopic (exact) mass is 374 g/mol. The van der Waals surface area contributed by atoms with E-state index in [0.717, 1.165) is 21.2 Å². The highest BCUT2D eigenvalue weighted by atomic mass is 79.9. The molecule has 4 rings (SSSR count). The van der Waals surface area contributed by atoms with Crippen molar-refractivity contribution in [2.24, 2.45) is 5.41 Å². The molecule has 2 aromatic carbocycles. The quantitative estimate of drug-likeness (QED) is 0.818. The van der Waals surface area contributed by atoms with E-state index in [0.29, 0.717) is 12.2 Å². The van der Waals surface area contributed by atoms with Crippen LogP contribution in [0, 0.1) is 5.41 Å². The van der Waals surface area contributed by atoms with E-state index < -0.39 is 11.5 Å². The summed E-state index contributed by atoms with van der Waals surface area (Å²) in [5, 5.41) is 10.7. The summed E-state index contributed by atoms with van der Waals surface area (Å²) < 4.78 is 1.02. The molecule has 112 valence electrons. The highest BCUT2D eigenvalue weighted by Gasteiger charge is 2.59. The summed E-state index contributed by atoms with van der Waals surface area (Å²) in [6.07, 6.45) is 0.0442. The van der Waals surface area contributed by atoms with Gasteiger partial charge in [-0.3, -0.25) is 4.79 Å². The van der Waals surface area contributed by atoms with E-state index in [1.807, 2.05) is 36.4 Å². The number of aliphatic hydroxyl groups excluding tert-OH is 1. The van der Waals surface area contributed by atoms with Gasteiger partial charge in [-0.05, 0) is 29.7 Å². The molecule has 1 N–H and O–H groups in total. The first-order chi connectivity index (χ1) is 10.6. The molecule has 2 nitrogen and oxygen atoms in total. The first-order valence-electron chi connectivity index (χ1n) is 7.31. The maximum Gasteiger partial charge on any atom is 0.173 e. The molecule has 0 bridgehead atoms. The Morgan fingerprint density at radius 2 is 1.86 bits per heavy atom. The highest BCUT2D eigenvalue weighted by molar-refractivity contribution is 9.10. The van der Waals surface area contributed by atoms with Crippen LogP contribution in [0.2, 0.25) is 0 Å². The molecule has 22 heavy (non-hydrogen) atoms. The summed E-state index contributed by atoms with van der Waals surface area (Å²) in [5.41, 5.74) is 2.26. The van der Waals surface area contributed by atoms with Crippen LogP contribution in [0.3, 0.4) is 0 Å². The molecule has 1 fully saturated rings. The Kier molecular flexibility index (Phi) is 3.44. The third-order valence-corrected chi connectivity index (χ3v) is 6.89. The van der Waals surface area contributed by atoms with E-state index in [1.54, 1.807) is 11.8 Å².